The second-order valence-corrected chi connectivity index (χ2v) is 6.09. The highest BCUT2D eigenvalue weighted by atomic mass is 16.5. The SMILES string of the molecule is Cc1cc(NC(=O)c2cn(Cc3ccccc3)nc2-c2cccnc2)no1. The Labute approximate surface area is 155 Å². The van der Waals surface area contributed by atoms with Gasteiger partial charge < -0.3 is 9.84 Å². The van der Waals surface area contributed by atoms with Gasteiger partial charge in [0.1, 0.15) is 11.5 Å². The molecule has 0 atom stereocenters. The van der Waals surface area contributed by atoms with Gasteiger partial charge in [-0.05, 0) is 24.6 Å². The minimum Gasteiger partial charge on any atom is -0.360 e. The van der Waals surface area contributed by atoms with Crippen LogP contribution in [0.5, 0.6) is 0 Å². The first-order chi connectivity index (χ1) is 13.2. The average Bonchev–Trinajstić information content (AvgIpc) is 3.29. The largest absolute Gasteiger partial charge is 0.360 e. The van der Waals surface area contributed by atoms with Crippen LogP contribution < -0.4 is 5.32 Å². The summed E-state index contributed by atoms with van der Waals surface area (Å²) in [6.07, 6.45) is 5.10. The lowest BCUT2D eigenvalue weighted by atomic mass is 10.1. The number of pyridine rings is 1. The molecule has 3 heterocycles. The lowest BCUT2D eigenvalue weighted by Gasteiger charge is -2.01. The van der Waals surface area contributed by atoms with Gasteiger partial charge in [0.05, 0.1) is 12.1 Å². The molecule has 1 N–H and O–H groups in total. The van der Waals surface area contributed by atoms with Gasteiger partial charge in [-0.3, -0.25) is 14.5 Å². The Morgan fingerprint density at radius 3 is 2.74 bits per heavy atom. The van der Waals surface area contributed by atoms with E-state index in [4.69, 9.17) is 4.52 Å². The summed E-state index contributed by atoms with van der Waals surface area (Å²) in [5, 5.41) is 11.2. The summed E-state index contributed by atoms with van der Waals surface area (Å²) in [5.41, 5.74) is 2.87. The van der Waals surface area contributed by atoms with E-state index in [2.05, 4.69) is 20.6 Å². The van der Waals surface area contributed by atoms with Crippen molar-refractivity contribution < 1.29 is 9.32 Å². The first-order valence-electron chi connectivity index (χ1n) is 8.45. The highest BCUT2D eigenvalue weighted by Gasteiger charge is 2.19. The molecule has 1 aromatic carbocycles. The third-order valence-corrected chi connectivity index (χ3v) is 4.00. The normalized spacial score (nSPS) is 10.7. The van der Waals surface area contributed by atoms with Gasteiger partial charge in [0.2, 0.25) is 0 Å². The van der Waals surface area contributed by atoms with Crippen molar-refractivity contribution >= 4 is 11.7 Å². The zero-order valence-corrected chi connectivity index (χ0v) is 14.7. The van der Waals surface area contributed by atoms with Gasteiger partial charge in [-0.2, -0.15) is 5.10 Å². The minimum atomic E-state index is -0.304. The number of hydrogen-bond donors (Lipinski definition) is 1. The lowest BCUT2D eigenvalue weighted by molar-refractivity contribution is 0.102. The summed E-state index contributed by atoms with van der Waals surface area (Å²) in [7, 11) is 0. The number of benzene rings is 1. The molecule has 1 amide bonds. The summed E-state index contributed by atoms with van der Waals surface area (Å²) in [5.74, 6) is 0.685. The number of nitrogens with one attached hydrogen (secondary N) is 1. The number of rotatable bonds is 5. The Hall–Kier alpha value is -3.74. The number of carbonyl (C=O) groups is 1. The zero-order valence-electron chi connectivity index (χ0n) is 14.7. The van der Waals surface area contributed by atoms with Crippen LogP contribution in [0.3, 0.4) is 0 Å². The zero-order chi connectivity index (χ0) is 18.6. The second kappa shape index (κ2) is 7.25. The summed E-state index contributed by atoms with van der Waals surface area (Å²) in [6, 6.07) is 15.3. The van der Waals surface area contributed by atoms with E-state index in [0.29, 0.717) is 29.4 Å². The molecule has 0 spiro atoms. The molecule has 0 saturated carbocycles. The summed E-state index contributed by atoms with van der Waals surface area (Å²) in [4.78, 5) is 17.0. The topological polar surface area (TPSA) is 85.8 Å². The maximum Gasteiger partial charge on any atom is 0.260 e. The number of nitrogens with zero attached hydrogens (tertiary/aromatic N) is 4. The van der Waals surface area contributed by atoms with Crippen molar-refractivity contribution in [2.75, 3.05) is 5.32 Å². The van der Waals surface area contributed by atoms with Crippen LogP contribution in [0.2, 0.25) is 0 Å². The van der Waals surface area contributed by atoms with Crippen LogP contribution in [0.25, 0.3) is 11.3 Å². The van der Waals surface area contributed by atoms with Crippen LogP contribution in [-0.4, -0.2) is 25.8 Å². The van der Waals surface area contributed by atoms with Gasteiger partial charge in [-0.25, -0.2) is 0 Å². The van der Waals surface area contributed by atoms with Gasteiger partial charge in [0, 0.05) is 30.2 Å². The van der Waals surface area contributed by atoms with Crippen LogP contribution in [0.15, 0.2) is 71.6 Å². The quantitative estimate of drug-likeness (QED) is 0.589. The van der Waals surface area contributed by atoms with Gasteiger partial charge in [-0.1, -0.05) is 35.5 Å². The van der Waals surface area contributed by atoms with E-state index in [1.165, 1.54) is 0 Å². The van der Waals surface area contributed by atoms with E-state index in [1.54, 1.807) is 36.3 Å². The molecule has 0 bridgehead atoms. The van der Waals surface area contributed by atoms with E-state index in [9.17, 15) is 4.79 Å². The Kier molecular flexibility index (Phi) is 4.49. The summed E-state index contributed by atoms with van der Waals surface area (Å²) in [6.45, 7) is 2.33. The first kappa shape index (κ1) is 16.7. The van der Waals surface area contributed by atoms with E-state index in [-0.39, 0.29) is 5.91 Å². The van der Waals surface area contributed by atoms with Crippen molar-refractivity contribution in [2.45, 2.75) is 13.5 Å². The number of carbonyl (C=O) groups excluding carboxylic acids is 1. The molecule has 0 aliphatic heterocycles. The Bertz CT molecular complexity index is 1050. The Morgan fingerprint density at radius 1 is 1.19 bits per heavy atom. The van der Waals surface area contributed by atoms with Crippen LogP contribution in [0, 0.1) is 6.92 Å². The molecule has 3 aromatic heterocycles. The maximum absolute atomic E-state index is 12.8. The standard InChI is InChI=1S/C20H17N5O2/c1-14-10-18(24-27-14)22-20(26)17-13-25(12-15-6-3-2-4-7-15)23-19(17)16-8-5-9-21-11-16/h2-11,13H,12H2,1H3,(H,22,24,26). The molecule has 0 fully saturated rings. The van der Waals surface area contributed by atoms with Crippen molar-refractivity contribution in [3.05, 3.63) is 84.0 Å². The highest BCUT2D eigenvalue weighted by molar-refractivity contribution is 6.07. The first-order valence-corrected chi connectivity index (χ1v) is 8.45. The lowest BCUT2D eigenvalue weighted by Crippen LogP contribution is -2.12. The smallest absolute Gasteiger partial charge is 0.260 e. The Morgan fingerprint density at radius 2 is 2.04 bits per heavy atom. The Balaban J connectivity index is 1.68. The summed E-state index contributed by atoms with van der Waals surface area (Å²) < 4.78 is 6.76. The number of anilines is 1. The molecule has 0 aliphatic rings. The van der Waals surface area contributed by atoms with Crippen LogP contribution in [0.4, 0.5) is 5.82 Å². The van der Waals surface area contributed by atoms with Gasteiger partial charge in [-0.15, -0.1) is 0 Å². The van der Waals surface area contributed by atoms with Crippen LogP contribution >= 0.6 is 0 Å². The molecule has 4 aromatic rings. The van der Waals surface area contributed by atoms with Gasteiger partial charge in [0.25, 0.3) is 5.91 Å². The van der Waals surface area contributed by atoms with Crippen molar-refractivity contribution in [1.82, 2.24) is 19.9 Å². The number of amides is 1. The summed E-state index contributed by atoms with van der Waals surface area (Å²) >= 11 is 0. The fourth-order valence-electron chi connectivity index (χ4n) is 2.76. The minimum absolute atomic E-state index is 0.304. The second-order valence-electron chi connectivity index (χ2n) is 6.09. The third kappa shape index (κ3) is 3.77. The van der Waals surface area contributed by atoms with Crippen LogP contribution in [-0.2, 0) is 6.54 Å². The molecule has 0 saturated heterocycles. The molecule has 134 valence electrons. The molecular formula is C20H17N5O2. The van der Waals surface area contributed by atoms with E-state index >= 15 is 0 Å². The third-order valence-electron chi connectivity index (χ3n) is 4.00. The molecular weight excluding hydrogens is 342 g/mol. The van der Waals surface area contributed by atoms with E-state index < -0.39 is 0 Å². The van der Waals surface area contributed by atoms with Crippen LogP contribution in [0.1, 0.15) is 21.7 Å². The predicted octanol–water partition coefficient (Wildman–Crippen LogP) is 3.54. The van der Waals surface area contributed by atoms with Crippen molar-refractivity contribution in [2.24, 2.45) is 0 Å². The number of hydrogen-bond acceptors (Lipinski definition) is 5. The van der Waals surface area contributed by atoms with Gasteiger partial charge in [0.15, 0.2) is 5.82 Å². The molecule has 0 unspecified atom stereocenters. The molecule has 0 radical (unpaired) electrons. The van der Waals surface area contributed by atoms with Crippen molar-refractivity contribution in [3.63, 3.8) is 0 Å². The molecule has 7 nitrogen and oxygen atoms in total. The van der Waals surface area contributed by atoms with Crippen molar-refractivity contribution in [1.29, 1.82) is 0 Å². The van der Waals surface area contributed by atoms with Crippen molar-refractivity contribution in [3.8, 4) is 11.3 Å². The van der Waals surface area contributed by atoms with Gasteiger partial charge >= 0.3 is 0 Å². The maximum atomic E-state index is 12.8. The average molecular weight is 359 g/mol. The number of aryl methyl sites for hydroxylation is 1. The highest BCUT2D eigenvalue weighted by Crippen LogP contribution is 2.23. The number of aromatic nitrogens is 4. The molecule has 0 aliphatic carbocycles. The van der Waals surface area contributed by atoms with E-state index in [1.807, 2.05) is 42.5 Å². The molecule has 7 heteroatoms. The molecule has 27 heavy (non-hydrogen) atoms. The molecule has 4 rings (SSSR count). The van der Waals surface area contributed by atoms with E-state index in [0.717, 1.165) is 11.1 Å². The fraction of sp³-hybridized carbons (Fsp3) is 0.100. The fourth-order valence-corrected chi connectivity index (χ4v) is 2.76. The monoisotopic (exact) mass is 359 g/mol. The predicted molar refractivity (Wildman–Crippen MR) is 100 cm³/mol.